The van der Waals surface area contributed by atoms with Crippen molar-refractivity contribution >= 4 is 12.0 Å². The summed E-state index contributed by atoms with van der Waals surface area (Å²) in [5.41, 5.74) is 2.69. The van der Waals surface area contributed by atoms with Crippen LogP contribution in [0.4, 0.5) is 0 Å². The largest absolute Gasteiger partial charge is 0.443 e. The van der Waals surface area contributed by atoms with E-state index in [0.29, 0.717) is 0 Å². The van der Waals surface area contributed by atoms with Gasteiger partial charge in [-0.1, -0.05) is 0 Å². The average Bonchev–Trinajstić information content (AvgIpc) is 3.16. The van der Waals surface area contributed by atoms with Gasteiger partial charge in [-0.15, -0.1) is 0 Å². The summed E-state index contributed by atoms with van der Waals surface area (Å²) < 4.78 is 12.7. The Bertz CT molecular complexity index is 728. The quantitative estimate of drug-likeness (QED) is 0.471. The second-order valence-corrected chi connectivity index (χ2v) is 5.92. The van der Waals surface area contributed by atoms with Crippen LogP contribution in [0.1, 0.15) is 36.7 Å². The van der Waals surface area contributed by atoms with E-state index < -0.39 is 12.1 Å². The fourth-order valence-corrected chi connectivity index (χ4v) is 2.79. The molecule has 1 fully saturated rings. The number of ether oxygens (including phenoxy) is 2. The molecule has 0 bridgehead atoms. The number of nitriles is 2. The molecule has 24 heavy (non-hydrogen) atoms. The molecule has 1 saturated heterocycles. The lowest BCUT2D eigenvalue weighted by molar-refractivity contribution is -0.140. The number of esters is 1. The fraction of sp³-hybridized carbons (Fsp3) is 0.500. The molecule has 0 aromatic carbocycles. The van der Waals surface area contributed by atoms with Crippen LogP contribution >= 0.6 is 0 Å². The van der Waals surface area contributed by atoms with Crippen molar-refractivity contribution in [2.24, 2.45) is 0 Å². The van der Waals surface area contributed by atoms with Gasteiger partial charge in [0.2, 0.25) is 0 Å². The Morgan fingerprint density at radius 2 is 2.29 bits per heavy atom. The van der Waals surface area contributed by atoms with Crippen LogP contribution in [0.3, 0.4) is 0 Å². The highest BCUT2D eigenvalue weighted by Crippen LogP contribution is 2.22. The Hall–Kier alpha value is -2.57. The second-order valence-electron chi connectivity index (χ2n) is 5.92. The monoisotopic (exact) mass is 327 g/mol. The molecule has 2 atom stereocenters. The third-order valence-corrected chi connectivity index (χ3v) is 4.13. The summed E-state index contributed by atoms with van der Waals surface area (Å²) in [6.07, 6.45) is 2.97. The molecular formula is C18H21N3O3. The molecule has 0 radical (unpaired) electrons. The summed E-state index contributed by atoms with van der Waals surface area (Å²) in [5, 5.41) is 17.9. The summed E-state index contributed by atoms with van der Waals surface area (Å²) in [5.74, 6) is -0.782. The van der Waals surface area contributed by atoms with E-state index in [0.717, 1.165) is 42.9 Å². The normalized spacial score (nSPS) is 18.7. The molecule has 6 nitrogen and oxygen atoms in total. The molecule has 0 N–H and O–H groups in total. The first-order chi connectivity index (χ1) is 11.5. The number of carbonyl (C=O) groups excluding carboxylic acids is 1. The van der Waals surface area contributed by atoms with Gasteiger partial charge < -0.3 is 14.0 Å². The maximum atomic E-state index is 11.9. The first-order valence-electron chi connectivity index (χ1n) is 7.97. The standard InChI is InChI=1S/C18H21N3O3/c1-12-7-15(8-16(10-20)18(22)24-13(2)9-19)14(3)21(12)11-17-5-4-6-23-17/h7-8,13,17H,4-6,11H2,1-3H3/b16-8+/t13-,17+/m1/s1. The molecule has 1 aromatic heterocycles. The summed E-state index contributed by atoms with van der Waals surface area (Å²) in [6.45, 7) is 6.97. The van der Waals surface area contributed by atoms with Gasteiger partial charge in [-0.25, -0.2) is 4.79 Å². The zero-order valence-corrected chi connectivity index (χ0v) is 14.2. The predicted molar refractivity (Wildman–Crippen MR) is 87.6 cm³/mol. The van der Waals surface area contributed by atoms with Gasteiger partial charge in [0.25, 0.3) is 0 Å². The highest BCUT2D eigenvalue weighted by Gasteiger charge is 2.20. The van der Waals surface area contributed by atoms with E-state index >= 15 is 0 Å². The highest BCUT2D eigenvalue weighted by molar-refractivity contribution is 5.98. The van der Waals surface area contributed by atoms with E-state index in [1.165, 1.54) is 13.0 Å². The molecule has 1 aliphatic heterocycles. The van der Waals surface area contributed by atoms with E-state index in [4.69, 9.17) is 14.7 Å². The van der Waals surface area contributed by atoms with Gasteiger partial charge in [-0.3, -0.25) is 0 Å². The van der Waals surface area contributed by atoms with Crippen molar-refractivity contribution < 1.29 is 14.3 Å². The van der Waals surface area contributed by atoms with Crippen LogP contribution in [0.25, 0.3) is 6.08 Å². The molecular weight excluding hydrogens is 306 g/mol. The van der Waals surface area contributed by atoms with E-state index in [9.17, 15) is 10.1 Å². The van der Waals surface area contributed by atoms with Crippen molar-refractivity contribution in [3.63, 3.8) is 0 Å². The zero-order chi connectivity index (χ0) is 17.7. The second kappa shape index (κ2) is 7.81. The number of rotatable bonds is 5. The lowest BCUT2D eigenvalue weighted by Crippen LogP contribution is -2.17. The molecule has 0 saturated carbocycles. The van der Waals surface area contributed by atoms with Crippen LogP contribution in [0.5, 0.6) is 0 Å². The summed E-state index contributed by atoms with van der Waals surface area (Å²) in [4.78, 5) is 11.9. The third-order valence-electron chi connectivity index (χ3n) is 4.13. The van der Waals surface area contributed by atoms with Gasteiger partial charge in [0.15, 0.2) is 6.10 Å². The topological polar surface area (TPSA) is 88.0 Å². The predicted octanol–water partition coefficient (Wildman–Crippen LogP) is 2.65. The van der Waals surface area contributed by atoms with Crippen molar-refractivity contribution in [2.75, 3.05) is 6.61 Å². The van der Waals surface area contributed by atoms with Crippen LogP contribution in [0.2, 0.25) is 0 Å². The number of hydrogen-bond donors (Lipinski definition) is 0. The lowest BCUT2D eigenvalue weighted by atomic mass is 10.1. The maximum Gasteiger partial charge on any atom is 0.350 e. The van der Waals surface area contributed by atoms with Gasteiger partial charge in [-0.2, -0.15) is 10.5 Å². The Kier molecular flexibility index (Phi) is 5.78. The van der Waals surface area contributed by atoms with Crippen LogP contribution in [0.15, 0.2) is 11.6 Å². The molecule has 0 amide bonds. The Balaban J connectivity index is 2.23. The smallest absolute Gasteiger partial charge is 0.350 e. The molecule has 6 heteroatoms. The molecule has 0 unspecified atom stereocenters. The van der Waals surface area contributed by atoms with E-state index in [1.807, 2.05) is 26.0 Å². The lowest BCUT2D eigenvalue weighted by Gasteiger charge is -2.14. The summed E-state index contributed by atoms with van der Waals surface area (Å²) >= 11 is 0. The number of aromatic nitrogens is 1. The molecule has 0 spiro atoms. The van der Waals surface area contributed by atoms with Crippen molar-refractivity contribution in [3.8, 4) is 12.1 Å². The van der Waals surface area contributed by atoms with E-state index in [1.54, 1.807) is 6.07 Å². The Morgan fingerprint density at radius 1 is 1.54 bits per heavy atom. The average molecular weight is 327 g/mol. The van der Waals surface area contributed by atoms with Gasteiger partial charge >= 0.3 is 5.97 Å². The van der Waals surface area contributed by atoms with E-state index in [-0.39, 0.29) is 11.7 Å². The Labute approximate surface area is 141 Å². The number of nitrogens with zero attached hydrogens (tertiary/aromatic N) is 3. The molecule has 0 aliphatic carbocycles. The summed E-state index contributed by atoms with van der Waals surface area (Å²) in [6, 6.07) is 5.59. The van der Waals surface area contributed by atoms with Crippen LogP contribution in [-0.4, -0.2) is 29.4 Å². The van der Waals surface area contributed by atoms with Crippen LogP contribution < -0.4 is 0 Å². The minimum absolute atomic E-state index is 0.116. The number of aryl methyl sites for hydroxylation is 1. The van der Waals surface area contributed by atoms with Crippen LogP contribution in [0, 0.1) is 36.5 Å². The molecule has 2 heterocycles. The molecule has 1 aromatic rings. The molecule has 1 aliphatic rings. The maximum absolute atomic E-state index is 11.9. The SMILES string of the molecule is Cc1cc(/C=C(\C#N)C(=O)O[C@H](C)C#N)c(C)n1C[C@@H]1CCCO1. The number of hydrogen-bond acceptors (Lipinski definition) is 5. The Morgan fingerprint density at radius 3 is 2.88 bits per heavy atom. The van der Waals surface area contributed by atoms with Gasteiger partial charge in [0.1, 0.15) is 17.7 Å². The first kappa shape index (κ1) is 17.8. The molecule has 2 rings (SSSR count). The number of carbonyl (C=O) groups is 1. The van der Waals surface area contributed by atoms with Gasteiger partial charge in [0.05, 0.1) is 6.10 Å². The molecule has 126 valence electrons. The van der Waals surface area contributed by atoms with Gasteiger partial charge in [0, 0.05) is 24.5 Å². The van der Waals surface area contributed by atoms with Crippen molar-refractivity contribution in [1.82, 2.24) is 4.57 Å². The van der Waals surface area contributed by atoms with Crippen molar-refractivity contribution in [3.05, 3.63) is 28.6 Å². The fourth-order valence-electron chi connectivity index (χ4n) is 2.79. The third kappa shape index (κ3) is 4.04. The minimum Gasteiger partial charge on any atom is -0.443 e. The summed E-state index contributed by atoms with van der Waals surface area (Å²) in [7, 11) is 0. The van der Waals surface area contributed by atoms with Gasteiger partial charge in [-0.05, 0) is 51.3 Å². The zero-order valence-electron chi connectivity index (χ0n) is 14.2. The van der Waals surface area contributed by atoms with Crippen molar-refractivity contribution in [1.29, 1.82) is 10.5 Å². The van der Waals surface area contributed by atoms with Crippen LogP contribution in [-0.2, 0) is 20.8 Å². The van der Waals surface area contributed by atoms with Crippen molar-refractivity contribution in [2.45, 2.75) is 52.4 Å². The minimum atomic E-state index is -0.888. The highest BCUT2D eigenvalue weighted by atomic mass is 16.5. The first-order valence-corrected chi connectivity index (χ1v) is 7.97. The van der Waals surface area contributed by atoms with E-state index in [2.05, 4.69) is 4.57 Å².